The van der Waals surface area contributed by atoms with Gasteiger partial charge in [-0.3, -0.25) is 9.59 Å². The molecule has 0 spiro atoms. The zero-order valence-corrected chi connectivity index (χ0v) is 26.4. The maximum atomic E-state index is 14.1. The Balaban J connectivity index is 1.46. The van der Waals surface area contributed by atoms with Gasteiger partial charge in [-0.05, 0) is 49.1 Å². The molecule has 10 nitrogen and oxygen atoms in total. The van der Waals surface area contributed by atoms with Crippen LogP contribution in [0, 0.1) is 17.5 Å². The number of nitrogens with one attached hydrogen (secondary N) is 2. The molecule has 1 aliphatic rings. The van der Waals surface area contributed by atoms with E-state index in [1.165, 1.54) is 11.3 Å². The Bertz CT molecular complexity index is 1630. The molecule has 2 amide bonds. The number of thiazole rings is 1. The van der Waals surface area contributed by atoms with Crippen LogP contribution in [-0.2, 0) is 31.4 Å². The number of benzene rings is 2. The van der Waals surface area contributed by atoms with Crippen LogP contribution in [-0.4, -0.2) is 88.1 Å². The Hall–Kier alpha value is -3.27. The molecule has 0 saturated carbocycles. The molecule has 4 N–H and O–H groups in total. The van der Waals surface area contributed by atoms with E-state index in [-0.39, 0.29) is 55.3 Å². The van der Waals surface area contributed by atoms with Crippen LogP contribution in [0.5, 0.6) is 5.75 Å². The van der Waals surface area contributed by atoms with E-state index < -0.39 is 44.8 Å². The van der Waals surface area contributed by atoms with Gasteiger partial charge >= 0.3 is 0 Å². The van der Waals surface area contributed by atoms with Crippen molar-refractivity contribution in [3.63, 3.8) is 0 Å². The van der Waals surface area contributed by atoms with Crippen molar-refractivity contribution < 1.29 is 40.4 Å². The van der Waals surface area contributed by atoms with Crippen LogP contribution in [0.2, 0.25) is 0 Å². The lowest BCUT2D eigenvalue weighted by Crippen LogP contribution is -2.51. The average molecular weight is 657 g/mol. The van der Waals surface area contributed by atoms with Gasteiger partial charge in [0.1, 0.15) is 16.6 Å². The Morgan fingerprint density at radius 3 is 2.43 bits per heavy atom. The van der Waals surface area contributed by atoms with Crippen LogP contribution in [0.1, 0.15) is 29.8 Å². The van der Waals surface area contributed by atoms with E-state index in [2.05, 4.69) is 10.6 Å². The summed E-state index contributed by atoms with van der Waals surface area (Å²) in [5, 5.41) is 6.26. The van der Waals surface area contributed by atoms with Crippen molar-refractivity contribution >= 4 is 43.2 Å². The number of nitrogens with zero attached hydrogens (tertiary/aromatic N) is 2. The van der Waals surface area contributed by atoms with Crippen LogP contribution in [0.3, 0.4) is 0 Å². The Morgan fingerprint density at radius 1 is 1.07 bits per heavy atom. The highest BCUT2D eigenvalue weighted by Gasteiger charge is 2.42. The van der Waals surface area contributed by atoms with E-state index in [1.54, 1.807) is 18.2 Å². The fourth-order valence-corrected chi connectivity index (χ4v) is 7.56. The van der Waals surface area contributed by atoms with Gasteiger partial charge in [-0.15, -0.1) is 11.3 Å². The zero-order valence-electron chi connectivity index (χ0n) is 24.8. The molecule has 1 atom stereocenters. The fourth-order valence-electron chi connectivity index (χ4n) is 4.84. The van der Waals surface area contributed by atoms with Gasteiger partial charge in [0.2, 0.25) is 5.91 Å². The molecular weight excluding hydrogens is 619 g/mol. The molecule has 240 valence electrons. The van der Waals surface area contributed by atoms with Crippen LogP contribution in [0.25, 0.3) is 10.2 Å². The first-order chi connectivity index (χ1) is 20.5. The molecule has 1 fully saturated rings. The quantitative estimate of drug-likeness (QED) is 0.201. The molecule has 2 aromatic carbocycles. The molecule has 0 unspecified atom stereocenters. The molecule has 1 saturated heterocycles. The summed E-state index contributed by atoms with van der Waals surface area (Å²) in [4.78, 5) is 30.1. The molecule has 2 heterocycles. The molecule has 0 bridgehead atoms. The molecule has 4 rings (SSSR count). The first kappa shape index (κ1) is 33.6. The third kappa shape index (κ3) is 8.89. The van der Waals surface area contributed by atoms with Crippen molar-refractivity contribution in [2.45, 2.75) is 37.3 Å². The van der Waals surface area contributed by atoms with E-state index in [0.717, 1.165) is 11.2 Å². The van der Waals surface area contributed by atoms with Crippen molar-refractivity contribution in [1.29, 1.82) is 0 Å². The number of halogens is 3. The minimum atomic E-state index is -3.31. The average Bonchev–Trinajstić information content (AvgIpc) is 3.35. The van der Waals surface area contributed by atoms with Crippen molar-refractivity contribution in [2.24, 2.45) is 5.73 Å². The molecule has 1 aromatic heterocycles. The number of quaternary nitrogens is 1. The molecule has 3 aromatic rings. The van der Waals surface area contributed by atoms with Gasteiger partial charge in [0.15, 0.2) is 28.1 Å². The Kier molecular flexibility index (Phi) is 10.2. The number of carbonyl (C=O) groups is 2. The van der Waals surface area contributed by atoms with Crippen molar-refractivity contribution in [3.8, 4) is 5.75 Å². The van der Waals surface area contributed by atoms with Gasteiger partial charge in [0, 0.05) is 18.5 Å². The first-order valence-electron chi connectivity index (χ1n) is 14.1. The van der Waals surface area contributed by atoms with E-state index in [9.17, 15) is 31.2 Å². The number of rotatable bonds is 12. The molecule has 15 heteroatoms. The van der Waals surface area contributed by atoms with Gasteiger partial charge in [0.25, 0.3) is 5.91 Å². The number of aromatic nitrogens is 1. The lowest BCUT2D eigenvalue weighted by Gasteiger charge is -2.36. The third-order valence-corrected chi connectivity index (χ3v) is 10.2. The first-order valence-corrected chi connectivity index (χ1v) is 16.7. The summed E-state index contributed by atoms with van der Waals surface area (Å²) in [6, 6.07) is 5.36. The maximum absolute atomic E-state index is 14.1. The maximum Gasteiger partial charge on any atom is 0.258 e. The SMILES string of the molecule is C[N+](C)(C)CCNC(=O)COc1ccc2nc(C3(NC(=O)C[C@H](N)Cc4cc(F)c(F)cc4F)CCS(=O)(=O)CC3)sc2c1. The molecular formula is C29H37F3N5O5S2+. The van der Waals surface area contributed by atoms with Gasteiger partial charge in [0.05, 0.1) is 61.5 Å². The molecule has 1 aliphatic heterocycles. The summed E-state index contributed by atoms with van der Waals surface area (Å²) in [7, 11) is 2.78. The number of carbonyl (C=O) groups excluding carboxylic acids is 2. The van der Waals surface area contributed by atoms with Crippen LogP contribution in [0.15, 0.2) is 30.3 Å². The number of hydrogen-bond acceptors (Lipinski definition) is 8. The zero-order chi connectivity index (χ0) is 32.3. The van der Waals surface area contributed by atoms with Gasteiger partial charge in [-0.2, -0.15) is 0 Å². The molecule has 0 radical (unpaired) electrons. The predicted octanol–water partition coefficient (Wildman–Crippen LogP) is 2.40. The highest BCUT2D eigenvalue weighted by molar-refractivity contribution is 7.91. The number of fused-ring (bicyclic) bond motifs is 1. The van der Waals surface area contributed by atoms with Gasteiger partial charge < -0.3 is 25.6 Å². The topological polar surface area (TPSA) is 140 Å². The molecule has 0 aliphatic carbocycles. The van der Waals surface area contributed by atoms with Crippen LogP contribution < -0.4 is 21.1 Å². The fraction of sp³-hybridized carbons (Fsp3) is 0.483. The highest BCUT2D eigenvalue weighted by Crippen LogP contribution is 2.39. The van der Waals surface area contributed by atoms with Crippen LogP contribution in [0.4, 0.5) is 13.2 Å². The number of nitrogens with two attached hydrogens (primary N) is 1. The Labute approximate surface area is 258 Å². The van der Waals surface area contributed by atoms with E-state index in [4.69, 9.17) is 15.5 Å². The summed E-state index contributed by atoms with van der Waals surface area (Å²) in [6.45, 7) is 1.11. The standard InChI is InChI=1S/C29H36F3N5O5S2/c1-37(2,3)9-8-34-27(39)17-42-20-4-5-24-25(15-20)43-28(35-24)29(6-10-44(40,41)11-7-29)36-26(38)14-19(33)12-18-13-22(31)23(32)16-21(18)30/h4-5,13,15-16,19H,6-12,14,17,33H2,1-3H3,(H-,34,36,38,39)/p+1/t19-/m1/s1. The van der Waals surface area contributed by atoms with Crippen molar-refractivity contribution in [2.75, 3.05) is 52.3 Å². The van der Waals surface area contributed by atoms with E-state index >= 15 is 0 Å². The number of amides is 2. The van der Waals surface area contributed by atoms with Gasteiger partial charge in [-0.25, -0.2) is 26.6 Å². The van der Waals surface area contributed by atoms with E-state index in [1.807, 2.05) is 21.1 Å². The lowest BCUT2D eigenvalue weighted by molar-refractivity contribution is -0.869. The Morgan fingerprint density at radius 2 is 1.75 bits per heavy atom. The monoisotopic (exact) mass is 656 g/mol. The summed E-state index contributed by atoms with van der Waals surface area (Å²) >= 11 is 1.27. The number of sulfone groups is 1. The smallest absolute Gasteiger partial charge is 0.258 e. The number of ether oxygens (including phenoxy) is 1. The molecule has 44 heavy (non-hydrogen) atoms. The summed E-state index contributed by atoms with van der Waals surface area (Å²) in [5.41, 5.74) is 5.43. The summed E-state index contributed by atoms with van der Waals surface area (Å²) in [5.74, 6) is -4.14. The number of hydrogen-bond donors (Lipinski definition) is 3. The largest absolute Gasteiger partial charge is 0.484 e. The highest BCUT2D eigenvalue weighted by atomic mass is 32.2. The second kappa shape index (κ2) is 13.4. The van der Waals surface area contributed by atoms with E-state index in [0.29, 0.717) is 39.4 Å². The van der Waals surface area contributed by atoms with Crippen molar-refractivity contribution in [3.05, 3.63) is 58.4 Å². The normalized spacial score (nSPS) is 16.8. The van der Waals surface area contributed by atoms with Crippen molar-refractivity contribution in [1.82, 2.24) is 15.6 Å². The van der Waals surface area contributed by atoms with Crippen LogP contribution >= 0.6 is 11.3 Å². The third-order valence-electron chi connectivity index (χ3n) is 7.32. The predicted molar refractivity (Wildman–Crippen MR) is 161 cm³/mol. The summed E-state index contributed by atoms with van der Waals surface area (Å²) in [6.07, 6.45) is -0.308. The minimum Gasteiger partial charge on any atom is -0.484 e. The minimum absolute atomic E-state index is 0.0880. The lowest BCUT2D eigenvalue weighted by atomic mass is 9.92. The second-order valence-corrected chi connectivity index (χ2v) is 15.4. The second-order valence-electron chi connectivity index (χ2n) is 12.1. The summed E-state index contributed by atoms with van der Waals surface area (Å²) < 4.78 is 72.7. The number of likely N-dealkylation sites (N-methyl/N-ethyl adjacent to an activating group) is 1. The van der Waals surface area contributed by atoms with Gasteiger partial charge in [-0.1, -0.05) is 0 Å².